The number of esters is 1. The quantitative estimate of drug-likeness (QED) is 0.522. The maximum atomic E-state index is 12.9. The van der Waals surface area contributed by atoms with Crippen molar-refractivity contribution in [1.82, 2.24) is 9.55 Å². The second-order valence-corrected chi connectivity index (χ2v) is 8.80. The topological polar surface area (TPSA) is 90.3 Å². The van der Waals surface area contributed by atoms with Crippen molar-refractivity contribution in [2.24, 2.45) is 0 Å². The van der Waals surface area contributed by atoms with Crippen molar-refractivity contribution in [3.63, 3.8) is 0 Å². The summed E-state index contributed by atoms with van der Waals surface area (Å²) >= 11 is 12.1. The number of aromatic nitrogens is 2. The van der Waals surface area contributed by atoms with Crippen LogP contribution in [-0.4, -0.2) is 27.5 Å². The van der Waals surface area contributed by atoms with E-state index in [9.17, 15) is 14.4 Å². The second kappa shape index (κ2) is 9.93. The molecule has 1 atom stereocenters. The van der Waals surface area contributed by atoms with Gasteiger partial charge in [-0.15, -0.1) is 0 Å². The van der Waals surface area contributed by atoms with Gasteiger partial charge < -0.3 is 10.1 Å². The minimum Gasteiger partial charge on any atom is -0.449 e. The number of anilines is 1. The number of halogens is 2. The number of fused-ring (bicyclic) bond motifs is 2. The van der Waals surface area contributed by atoms with Crippen molar-refractivity contribution in [3.8, 4) is 0 Å². The van der Waals surface area contributed by atoms with Crippen LogP contribution in [0.1, 0.15) is 48.8 Å². The van der Waals surface area contributed by atoms with Gasteiger partial charge in [0, 0.05) is 13.0 Å². The number of benzene rings is 2. The molecule has 9 heteroatoms. The van der Waals surface area contributed by atoms with E-state index in [-0.39, 0.29) is 16.1 Å². The summed E-state index contributed by atoms with van der Waals surface area (Å²) in [5, 5.41) is 3.56. The highest BCUT2D eigenvalue weighted by Crippen LogP contribution is 2.29. The Morgan fingerprint density at radius 3 is 2.73 bits per heavy atom. The molecule has 172 valence electrons. The third-order valence-electron chi connectivity index (χ3n) is 5.66. The average molecular weight is 488 g/mol. The molecule has 0 spiro atoms. The fourth-order valence-electron chi connectivity index (χ4n) is 3.84. The number of carbonyl (C=O) groups excluding carboxylic acids is 2. The minimum atomic E-state index is -1.09. The van der Waals surface area contributed by atoms with Gasteiger partial charge in [0.05, 0.1) is 32.2 Å². The highest BCUT2D eigenvalue weighted by molar-refractivity contribution is 6.44. The first-order chi connectivity index (χ1) is 15.8. The van der Waals surface area contributed by atoms with E-state index >= 15 is 0 Å². The Morgan fingerprint density at radius 1 is 1.12 bits per heavy atom. The van der Waals surface area contributed by atoms with Crippen LogP contribution < -0.4 is 10.9 Å². The molecule has 0 fully saturated rings. The molecule has 3 aromatic rings. The first kappa shape index (κ1) is 23.3. The number of nitrogens with zero attached hydrogens (tertiary/aromatic N) is 2. The van der Waals surface area contributed by atoms with E-state index in [4.69, 9.17) is 27.9 Å². The second-order valence-electron chi connectivity index (χ2n) is 8.02. The van der Waals surface area contributed by atoms with E-state index in [0.29, 0.717) is 28.2 Å². The first-order valence-corrected chi connectivity index (χ1v) is 11.6. The Morgan fingerprint density at radius 2 is 1.91 bits per heavy atom. The van der Waals surface area contributed by atoms with Crippen LogP contribution in [0.3, 0.4) is 0 Å². The van der Waals surface area contributed by atoms with Gasteiger partial charge >= 0.3 is 5.97 Å². The normalized spacial score (nSPS) is 14.6. The molecule has 2 heterocycles. The summed E-state index contributed by atoms with van der Waals surface area (Å²) in [6.07, 6.45) is 3.78. The van der Waals surface area contributed by atoms with Gasteiger partial charge in [-0.2, -0.15) is 0 Å². The van der Waals surface area contributed by atoms with Gasteiger partial charge in [0.25, 0.3) is 11.5 Å². The molecule has 1 aliphatic heterocycles. The Bertz CT molecular complexity index is 1290. The maximum Gasteiger partial charge on any atom is 0.338 e. The number of ether oxygens (including phenoxy) is 1. The number of aryl methyl sites for hydroxylation is 1. The molecular formula is C24H23Cl2N3O4. The van der Waals surface area contributed by atoms with E-state index in [2.05, 4.69) is 10.3 Å². The van der Waals surface area contributed by atoms with E-state index in [0.717, 1.165) is 37.9 Å². The standard InChI is InChI=1S/C24H23Cl2N3O4/c1-14(22(30)28-18-8-6-7-17(25)21(18)26)33-24(32)15-10-11-16-19(13-15)27-20-9-4-2-3-5-12-29(20)23(16)31/h6-8,10-11,13-14H,2-5,9,12H2,1H3,(H,28,30). The van der Waals surface area contributed by atoms with Crippen LogP contribution in [0.5, 0.6) is 0 Å². The van der Waals surface area contributed by atoms with Gasteiger partial charge in [-0.25, -0.2) is 9.78 Å². The van der Waals surface area contributed by atoms with Gasteiger partial charge in [0.15, 0.2) is 6.10 Å². The third-order valence-corrected chi connectivity index (χ3v) is 6.48. The molecule has 0 saturated heterocycles. The SMILES string of the molecule is CC(OC(=O)c1ccc2c(=O)n3c(nc2c1)CCCCCC3)C(=O)Nc1cccc(Cl)c1Cl. The Hall–Kier alpha value is -2.90. The molecule has 1 N–H and O–H groups in total. The van der Waals surface area contributed by atoms with Gasteiger partial charge in [-0.3, -0.25) is 14.2 Å². The minimum absolute atomic E-state index is 0.0945. The van der Waals surface area contributed by atoms with Crippen LogP contribution in [0.2, 0.25) is 10.0 Å². The van der Waals surface area contributed by atoms with E-state index in [1.807, 2.05) is 0 Å². The molecule has 1 unspecified atom stereocenters. The lowest BCUT2D eigenvalue weighted by molar-refractivity contribution is -0.123. The highest BCUT2D eigenvalue weighted by atomic mass is 35.5. The number of carbonyl (C=O) groups is 2. The van der Waals surface area contributed by atoms with Crippen LogP contribution in [-0.2, 0) is 22.5 Å². The molecule has 2 aromatic carbocycles. The first-order valence-electron chi connectivity index (χ1n) is 10.8. The molecule has 1 aliphatic rings. The number of hydrogen-bond donors (Lipinski definition) is 1. The van der Waals surface area contributed by atoms with Crippen LogP contribution >= 0.6 is 23.2 Å². The van der Waals surface area contributed by atoms with Gasteiger partial charge in [-0.1, -0.05) is 42.1 Å². The number of rotatable bonds is 4. The molecule has 0 aliphatic carbocycles. The molecule has 0 saturated carbocycles. The molecule has 4 rings (SSSR count). The van der Waals surface area contributed by atoms with Crippen molar-refractivity contribution < 1.29 is 14.3 Å². The summed E-state index contributed by atoms with van der Waals surface area (Å²) in [7, 11) is 0. The van der Waals surface area contributed by atoms with Crippen LogP contribution in [0.25, 0.3) is 10.9 Å². The summed E-state index contributed by atoms with van der Waals surface area (Å²) in [5.74, 6) is -0.500. The van der Waals surface area contributed by atoms with Crippen molar-refractivity contribution in [1.29, 1.82) is 0 Å². The van der Waals surface area contributed by atoms with E-state index < -0.39 is 18.0 Å². The Balaban J connectivity index is 1.52. The monoisotopic (exact) mass is 487 g/mol. The molecular weight excluding hydrogens is 465 g/mol. The van der Waals surface area contributed by atoms with Crippen molar-refractivity contribution >= 4 is 51.7 Å². The molecule has 7 nitrogen and oxygen atoms in total. The van der Waals surface area contributed by atoms with Gasteiger partial charge in [0.2, 0.25) is 0 Å². The molecule has 1 amide bonds. The van der Waals surface area contributed by atoms with Crippen LogP contribution in [0.15, 0.2) is 41.2 Å². The lowest BCUT2D eigenvalue weighted by Crippen LogP contribution is -2.30. The maximum absolute atomic E-state index is 12.9. The fraction of sp³-hybridized carbons (Fsp3) is 0.333. The number of amides is 1. The van der Waals surface area contributed by atoms with Crippen LogP contribution in [0, 0.1) is 0 Å². The zero-order chi connectivity index (χ0) is 23.5. The molecule has 1 aromatic heterocycles. The summed E-state index contributed by atoms with van der Waals surface area (Å²) in [5.41, 5.74) is 0.890. The molecule has 0 bridgehead atoms. The lowest BCUT2D eigenvalue weighted by Gasteiger charge is -2.17. The molecule has 33 heavy (non-hydrogen) atoms. The Labute approximate surface area is 200 Å². The predicted molar refractivity (Wildman–Crippen MR) is 128 cm³/mol. The fourth-order valence-corrected chi connectivity index (χ4v) is 4.19. The average Bonchev–Trinajstić information content (AvgIpc) is 2.77. The van der Waals surface area contributed by atoms with Crippen LogP contribution in [0.4, 0.5) is 5.69 Å². The van der Waals surface area contributed by atoms with Crippen molar-refractivity contribution in [3.05, 3.63) is 68.2 Å². The Kier molecular flexibility index (Phi) is 7.00. The lowest BCUT2D eigenvalue weighted by atomic mass is 10.1. The zero-order valence-corrected chi connectivity index (χ0v) is 19.6. The number of nitrogens with one attached hydrogen (secondary N) is 1. The number of hydrogen-bond acceptors (Lipinski definition) is 5. The van der Waals surface area contributed by atoms with Gasteiger partial charge in [0.1, 0.15) is 5.82 Å². The molecule has 0 radical (unpaired) electrons. The van der Waals surface area contributed by atoms with E-state index in [1.165, 1.54) is 19.1 Å². The predicted octanol–water partition coefficient (Wildman–Crippen LogP) is 5.00. The summed E-state index contributed by atoms with van der Waals surface area (Å²) in [4.78, 5) is 42.8. The summed E-state index contributed by atoms with van der Waals surface area (Å²) in [6.45, 7) is 2.12. The van der Waals surface area contributed by atoms with Crippen molar-refractivity contribution in [2.75, 3.05) is 5.32 Å². The smallest absolute Gasteiger partial charge is 0.338 e. The zero-order valence-electron chi connectivity index (χ0n) is 18.1. The highest BCUT2D eigenvalue weighted by Gasteiger charge is 2.21. The largest absolute Gasteiger partial charge is 0.449 e. The summed E-state index contributed by atoms with van der Waals surface area (Å²) in [6, 6.07) is 9.48. The van der Waals surface area contributed by atoms with Gasteiger partial charge in [-0.05, 0) is 50.1 Å². The third kappa shape index (κ3) is 5.04. The summed E-state index contributed by atoms with van der Waals surface area (Å²) < 4.78 is 7.07. The van der Waals surface area contributed by atoms with Crippen molar-refractivity contribution in [2.45, 2.75) is 51.7 Å². The van der Waals surface area contributed by atoms with E-state index in [1.54, 1.807) is 28.8 Å².